The second-order valence-electron chi connectivity index (χ2n) is 4.99. The van der Waals surface area contributed by atoms with Crippen molar-refractivity contribution in [2.24, 2.45) is 0 Å². The normalized spacial score (nSPS) is 16.7. The van der Waals surface area contributed by atoms with Crippen LogP contribution in [-0.4, -0.2) is 49.3 Å². The molecule has 0 aliphatic carbocycles. The minimum absolute atomic E-state index is 0.108. The van der Waals surface area contributed by atoms with Crippen molar-refractivity contribution in [2.75, 3.05) is 39.4 Å². The Hall–Kier alpha value is -1.17. The molecule has 1 aromatic rings. The van der Waals surface area contributed by atoms with Crippen LogP contribution in [0.2, 0.25) is 0 Å². The van der Waals surface area contributed by atoms with Crippen LogP contribution < -0.4 is 10.7 Å². The smallest absolute Gasteiger partial charge is 0.186 e. The van der Waals surface area contributed by atoms with Gasteiger partial charge in [-0.25, -0.2) is 0 Å². The molecular formula is C14H23N3O2. The molecule has 2 N–H and O–H groups in total. The first-order valence-electron chi connectivity index (χ1n) is 6.95. The maximum atomic E-state index is 11.7. The summed E-state index contributed by atoms with van der Waals surface area (Å²) in [5.41, 5.74) is 1.81. The Kier molecular flexibility index (Phi) is 5.57. The third kappa shape index (κ3) is 4.78. The van der Waals surface area contributed by atoms with Gasteiger partial charge in [0.15, 0.2) is 5.43 Å². The van der Waals surface area contributed by atoms with Crippen molar-refractivity contribution in [2.45, 2.75) is 19.9 Å². The highest BCUT2D eigenvalue weighted by atomic mass is 16.5. The fraction of sp³-hybridized carbons (Fsp3) is 0.643. The largest absolute Gasteiger partial charge is 0.379 e. The number of hydrogen-bond acceptors (Lipinski definition) is 4. The van der Waals surface area contributed by atoms with E-state index in [1.54, 1.807) is 12.3 Å². The van der Waals surface area contributed by atoms with Crippen LogP contribution in [-0.2, 0) is 11.3 Å². The van der Waals surface area contributed by atoms with Crippen molar-refractivity contribution in [3.8, 4) is 0 Å². The van der Waals surface area contributed by atoms with Crippen molar-refractivity contribution in [3.63, 3.8) is 0 Å². The third-order valence-corrected chi connectivity index (χ3v) is 3.39. The van der Waals surface area contributed by atoms with E-state index in [2.05, 4.69) is 15.2 Å². The molecule has 0 unspecified atom stereocenters. The highest BCUT2D eigenvalue weighted by Gasteiger charge is 2.08. The van der Waals surface area contributed by atoms with Crippen molar-refractivity contribution in [1.29, 1.82) is 0 Å². The Labute approximate surface area is 114 Å². The molecule has 0 amide bonds. The maximum Gasteiger partial charge on any atom is 0.186 e. The molecule has 1 aromatic heterocycles. The molecule has 0 spiro atoms. The van der Waals surface area contributed by atoms with Gasteiger partial charge in [-0.3, -0.25) is 9.69 Å². The van der Waals surface area contributed by atoms with Crippen LogP contribution in [0.1, 0.15) is 17.7 Å². The molecular weight excluding hydrogens is 242 g/mol. The van der Waals surface area contributed by atoms with Gasteiger partial charge < -0.3 is 15.0 Å². The van der Waals surface area contributed by atoms with E-state index in [9.17, 15) is 4.79 Å². The molecule has 0 radical (unpaired) electrons. The second-order valence-corrected chi connectivity index (χ2v) is 4.99. The number of rotatable bonds is 6. The van der Waals surface area contributed by atoms with Crippen LogP contribution in [0, 0.1) is 6.92 Å². The average Bonchev–Trinajstić information content (AvgIpc) is 2.42. The minimum Gasteiger partial charge on any atom is -0.379 e. The predicted molar refractivity (Wildman–Crippen MR) is 75.4 cm³/mol. The van der Waals surface area contributed by atoms with Crippen LogP contribution in [0.5, 0.6) is 0 Å². The summed E-state index contributed by atoms with van der Waals surface area (Å²) in [6, 6.07) is 1.64. The van der Waals surface area contributed by atoms with E-state index in [-0.39, 0.29) is 5.43 Å². The highest BCUT2D eigenvalue weighted by Crippen LogP contribution is 1.97. The van der Waals surface area contributed by atoms with Crippen LogP contribution in [0.15, 0.2) is 17.1 Å². The van der Waals surface area contributed by atoms with Gasteiger partial charge in [-0.05, 0) is 26.4 Å². The third-order valence-electron chi connectivity index (χ3n) is 3.39. The van der Waals surface area contributed by atoms with Crippen molar-refractivity contribution in [1.82, 2.24) is 15.2 Å². The topological polar surface area (TPSA) is 57.4 Å². The quantitative estimate of drug-likeness (QED) is 0.735. The van der Waals surface area contributed by atoms with Gasteiger partial charge in [0.05, 0.1) is 13.2 Å². The van der Waals surface area contributed by atoms with E-state index in [4.69, 9.17) is 4.74 Å². The van der Waals surface area contributed by atoms with Crippen molar-refractivity contribution in [3.05, 3.63) is 33.7 Å². The SMILES string of the molecule is Cc1cc(=O)c(CNCCCN2CCOCC2)c[nH]1. The first-order chi connectivity index (χ1) is 9.25. The van der Waals surface area contributed by atoms with Gasteiger partial charge >= 0.3 is 0 Å². The molecule has 1 aliphatic heterocycles. The molecule has 0 atom stereocenters. The molecule has 1 fully saturated rings. The Morgan fingerprint density at radius 3 is 2.95 bits per heavy atom. The lowest BCUT2D eigenvalue weighted by Crippen LogP contribution is -2.37. The molecule has 2 heterocycles. The molecule has 19 heavy (non-hydrogen) atoms. The monoisotopic (exact) mass is 265 g/mol. The van der Waals surface area contributed by atoms with Gasteiger partial charge in [-0.15, -0.1) is 0 Å². The lowest BCUT2D eigenvalue weighted by molar-refractivity contribution is 0.0374. The number of pyridine rings is 1. The summed E-state index contributed by atoms with van der Waals surface area (Å²) in [5, 5.41) is 3.32. The summed E-state index contributed by atoms with van der Waals surface area (Å²) in [6.45, 7) is 8.35. The summed E-state index contributed by atoms with van der Waals surface area (Å²) in [6.07, 6.45) is 2.90. The molecule has 0 saturated carbocycles. The Bertz CT molecular complexity index is 439. The van der Waals surface area contributed by atoms with E-state index in [0.717, 1.165) is 57.1 Å². The molecule has 0 aromatic carbocycles. The summed E-state index contributed by atoms with van der Waals surface area (Å²) in [5.74, 6) is 0. The number of nitrogens with one attached hydrogen (secondary N) is 2. The van der Waals surface area contributed by atoms with Gasteiger partial charge in [0, 0.05) is 43.2 Å². The molecule has 1 aliphatic rings. The van der Waals surface area contributed by atoms with E-state index in [0.29, 0.717) is 6.54 Å². The van der Waals surface area contributed by atoms with Crippen LogP contribution in [0.3, 0.4) is 0 Å². The van der Waals surface area contributed by atoms with E-state index >= 15 is 0 Å². The van der Waals surface area contributed by atoms with Gasteiger partial charge in [0.25, 0.3) is 0 Å². The number of morpholine rings is 1. The zero-order chi connectivity index (χ0) is 13.5. The van der Waals surface area contributed by atoms with Gasteiger partial charge in [-0.2, -0.15) is 0 Å². The van der Waals surface area contributed by atoms with E-state index < -0.39 is 0 Å². The molecule has 2 rings (SSSR count). The predicted octanol–water partition coefficient (Wildman–Crippen LogP) is 0.495. The summed E-state index contributed by atoms with van der Waals surface area (Å²) >= 11 is 0. The zero-order valence-corrected chi connectivity index (χ0v) is 11.6. The Balaban J connectivity index is 1.62. The maximum absolute atomic E-state index is 11.7. The van der Waals surface area contributed by atoms with Crippen molar-refractivity contribution < 1.29 is 4.74 Å². The number of aromatic amines is 1. The number of nitrogens with zero attached hydrogens (tertiary/aromatic N) is 1. The van der Waals surface area contributed by atoms with Gasteiger partial charge in [-0.1, -0.05) is 0 Å². The standard InChI is InChI=1S/C14H23N3O2/c1-12-9-14(18)13(11-16-12)10-15-3-2-4-17-5-7-19-8-6-17/h9,11,15H,2-8,10H2,1H3,(H,16,18). The fourth-order valence-corrected chi connectivity index (χ4v) is 2.22. The number of hydrogen-bond donors (Lipinski definition) is 2. The lowest BCUT2D eigenvalue weighted by Gasteiger charge is -2.26. The summed E-state index contributed by atoms with van der Waals surface area (Å²) in [7, 11) is 0. The Morgan fingerprint density at radius 2 is 2.21 bits per heavy atom. The highest BCUT2D eigenvalue weighted by molar-refractivity contribution is 5.13. The van der Waals surface area contributed by atoms with Gasteiger partial charge in [0.1, 0.15) is 0 Å². The van der Waals surface area contributed by atoms with E-state index in [1.165, 1.54) is 0 Å². The number of aryl methyl sites for hydroxylation is 1. The molecule has 5 heteroatoms. The van der Waals surface area contributed by atoms with Crippen molar-refractivity contribution >= 4 is 0 Å². The zero-order valence-electron chi connectivity index (χ0n) is 11.6. The molecule has 106 valence electrons. The minimum atomic E-state index is 0.108. The number of aromatic nitrogens is 1. The second kappa shape index (κ2) is 7.43. The molecule has 0 bridgehead atoms. The summed E-state index contributed by atoms with van der Waals surface area (Å²) in [4.78, 5) is 17.2. The first kappa shape index (κ1) is 14.2. The van der Waals surface area contributed by atoms with Gasteiger partial charge in [0.2, 0.25) is 0 Å². The molecule has 1 saturated heterocycles. The average molecular weight is 265 g/mol. The number of H-pyrrole nitrogens is 1. The van der Waals surface area contributed by atoms with Crippen LogP contribution >= 0.6 is 0 Å². The fourth-order valence-electron chi connectivity index (χ4n) is 2.22. The van der Waals surface area contributed by atoms with E-state index in [1.807, 2.05) is 6.92 Å². The number of ether oxygens (including phenoxy) is 1. The molecule has 5 nitrogen and oxygen atoms in total. The van der Waals surface area contributed by atoms with Crippen LogP contribution in [0.4, 0.5) is 0 Å². The lowest BCUT2D eigenvalue weighted by atomic mass is 10.2. The first-order valence-corrected chi connectivity index (χ1v) is 6.95. The summed E-state index contributed by atoms with van der Waals surface area (Å²) < 4.78 is 5.31. The Morgan fingerprint density at radius 1 is 1.42 bits per heavy atom. The van der Waals surface area contributed by atoms with Crippen LogP contribution in [0.25, 0.3) is 0 Å².